The highest BCUT2D eigenvalue weighted by Gasteiger charge is 2.29. The summed E-state index contributed by atoms with van der Waals surface area (Å²) in [5, 5.41) is 22.0. The number of ether oxygens (including phenoxy) is 1. The lowest BCUT2D eigenvalue weighted by Crippen LogP contribution is -2.48. The number of phenols is 2. The van der Waals surface area contributed by atoms with Crippen LogP contribution in [0, 0.1) is 0 Å². The fraction of sp³-hybridized carbons (Fsp3) is 0.529. The summed E-state index contributed by atoms with van der Waals surface area (Å²) in [6, 6.07) is 3.91. The molecule has 1 aromatic carbocycles. The third-order valence-electron chi connectivity index (χ3n) is 4.50. The van der Waals surface area contributed by atoms with Crippen LogP contribution in [-0.4, -0.2) is 58.8 Å². The summed E-state index contributed by atoms with van der Waals surface area (Å²) in [6.45, 7) is 1.68. The summed E-state index contributed by atoms with van der Waals surface area (Å²) in [5.41, 5.74) is 0.259. The zero-order valence-corrected chi connectivity index (χ0v) is 13.4. The van der Waals surface area contributed by atoms with Crippen molar-refractivity contribution in [2.75, 3.05) is 19.7 Å². The minimum Gasteiger partial charge on any atom is -0.508 e. The first-order valence-electron chi connectivity index (χ1n) is 8.27. The molecular formula is C17H22N2O5. The molecule has 2 aliphatic heterocycles. The second-order valence-electron chi connectivity index (χ2n) is 6.31. The van der Waals surface area contributed by atoms with Crippen LogP contribution in [-0.2, 0) is 9.53 Å². The highest BCUT2D eigenvalue weighted by Crippen LogP contribution is 2.23. The van der Waals surface area contributed by atoms with Crippen molar-refractivity contribution in [3.63, 3.8) is 0 Å². The molecule has 2 aliphatic rings. The highest BCUT2D eigenvalue weighted by molar-refractivity contribution is 5.95. The Morgan fingerprint density at radius 2 is 1.75 bits per heavy atom. The number of rotatable bonds is 3. The van der Waals surface area contributed by atoms with E-state index in [0.29, 0.717) is 32.5 Å². The summed E-state index contributed by atoms with van der Waals surface area (Å²) in [7, 11) is 0. The predicted octanol–water partition coefficient (Wildman–Crippen LogP) is 0.998. The molecule has 7 heteroatoms. The van der Waals surface area contributed by atoms with E-state index in [1.165, 1.54) is 18.2 Å². The van der Waals surface area contributed by atoms with Gasteiger partial charge in [0.1, 0.15) is 17.6 Å². The average Bonchev–Trinajstić information content (AvgIpc) is 3.08. The van der Waals surface area contributed by atoms with Crippen molar-refractivity contribution < 1.29 is 24.5 Å². The van der Waals surface area contributed by atoms with Gasteiger partial charge >= 0.3 is 0 Å². The van der Waals surface area contributed by atoms with E-state index in [4.69, 9.17) is 4.74 Å². The highest BCUT2D eigenvalue weighted by atomic mass is 16.5. The molecule has 2 fully saturated rings. The van der Waals surface area contributed by atoms with Gasteiger partial charge in [-0.25, -0.2) is 0 Å². The summed E-state index contributed by atoms with van der Waals surface area (Å²) >= 11 is 0. The molecule has 7 nitrogen and oxygen atoms in total. The number of likely N-dealkylation sites (tertiary alicyclic amines) is 1. The van der Waals surface area contributed by atoms with Crippen LogP contribution in [0.5, 0.6) is 11.5 Å². The zero-order valence-electron chi connectivity index (χ0n) is 13.4. The lowest BCUT2D eigenvalue weighted by molar-refractivity contribution is -0.131. The molecular weight excluding hydrogens is 312 g/mol. The van der Waals surface area contributed by atoms with Crippen molar-refractivity contribution >= 4 is 11.8 Å². The maximum absolute atomic E-state index is 12.4. The fourth-order valence-corrected chi connectivity index (χ4v) is 3.21. The van der Waals surface area contributed by atoms with Crippen LogP contribution in [0.1, 0.15) is 36.0 Å². The molecule has 1 aromatic rings. The molecule has 0 spiro atoms. The van der Waals surface area contributed by atoms with Crippen molar-refractivity contribution in [1.29, 1.82) is 0 Å². The maximum atomic E-state index is 12.4. The van der Waals surface area contributed by atoms with Crippen molar-refractivity contribution in [3.05, 3.63) is 23.8 Å². The molecule has 0 saturated carbocycles. The van der Waals surface area contributed by atoms with E-state index in [1.54, 1.807) is 4.90 Å². The third kappa shape index (κ3) is 3.79. The van der Waals surface area contributed by atoms with Gasteiger partial charge in [0.15, 0.2) is 0 Å². The molecule has 130 valence electrons. The number of nitrogens with one attached hydrogen (secondary N) is 1. The SMILES string of the molecule is O=C(NC1CCN(C(=O)c2cc(O)cc(O)c2)CC1)C1CCCO1. The molecule has 3 rings (SSSR count). The van der Waals surface area contributed by atoms with Crippen LogP contribution in [0.15, 0.2) is 18.2 Å². The van der Waals surface area contributed by atoms with Gasteiger partial charge in [-0.3, -0.25) is 9.59 Å². The number of nitrogens with zero attached hydrogens (tertiary/aromatic N) is 1. The number of amides is 2. The zero-order chi connectivity index (χ0) is 17.1. The molecule has 1 unspecified atom stereocenters. The Hall–Kier alpha value is -2.28. The normalized spacial score (nSPS) is 21.7. The summed E-state index contributed by atoms with van der Waals surface area (Å²) < 4.78 is 5.37. The Bertz CT molecular complexity index is 599. The fourth-order valence-electron chi connectivity index (χ4n) is 3.21. The van der Waals surface area contributed by atoms with E-state index in [1.807, 2.05) is 0 Å². The number of phenolic OH excluding ortho intramolecular Hbond substituents is 2. The predicted molar refractivity (Wildman–Crippen MR) is 85.8 cm³/mol. The molecule has 3 N–H and O–H groups in total. The number of benzene rings is 1. The van der Waals surface area contributed by atoms with Gasteiger partial charge in [0.2, 0.25) is 5.91 Å². The van der Waals surface area contributed by atoms with E-state index in [0.717, 1.165) is 12.8 Å². The van der Waals surface area contributed by atoms with Crippen LogP contribution in [0.3, 0.4) is 0 Å². The van der Waals surface area contributed by atoms with E-state index in [-0.39, 0.29) is 41.0 Å². The minimum atomic E-state index is -0.333. The van der Waals surface area contributed by atoms with Crippen LogP contribution in [0.25, 0.3) is 0 Å². The van der Waals surface area contributed by atoms with E-state index < -0.39 is 0 Å². The van der Waals surface area contributed by atoms with Crippen LogP contribution in [0.2, 0.25) is 0 Å². The molecule has 1 atom stereocenters. The Kier molecular flexibility index (Phi) is 4.89. The van der Waals surface area contributed by atoms with Gasteiger partial charge in [0.25, 0.3) is 5.91 Å². The third-order valence-corrected chi connectivity index (χ3v) is 4.50. The molecule has 0 aliphatic carbocycles. The van der Waals surface area contributed by atoms with Crippen molar-refractivity contribution in [1.82, 2.24) is 10.2 Å². The number of hydrogen-bond donors (Lipinski definition) is 3. The Morgan fingerprint density at radius 3 is 2.33 bits per heavy atom. The first kappa shape index (κ1) is 16.6. The molecule has 2 amide bonds. The van der Waals surface area contributed by atoms with Gasteiger partial charge in [0, 0.05) is 37.4 Å². The second-order valence-corrected chi connectivity index (χ2v) is 6.31. The smallest absolute Gasteiger partial charge is 0.254 e. The molecule has 0 bridgehead atoms. The van der Waals surface area contributed by atoms with E-state index in [2.05, 4.69) is 5.32 Å². The lowest BCUT2D eigenvalue weighted by Gasteiger charge is -2.33. The summed E-state index contributed by atoms with van der Waals surface area (Å²) in [5.74, 6) is -0.575. The molecule has 24 heavy (non-hydrogen) atoms. The van der Waals surface area contributed by atoms with E-state index in [9.17, 15) is 19.8 Å². The summed E-state index contributed by atoms with van der Waals surface area (Å²) in [4.78, 5) is 26.2. The van der Waals surface area contributed by atoms with Gasteiger partial charge < -0.3 is 25.2 Å². The Balaban J connectivity index is 1.52. The average molecular weight is 334 g/mol. The van der Waals surface area contributed by atoms with Gasteiger partial charge in [-0.1, -0.05) is 0 Å². The quantitative estimate of drug-likeness (QED) is 0.766. The van der Waals surface area contributed by atoms with Crippen LogP contribution < -0.4 is 5.32 Å². The number of carbonyl (C=O) groups is 2. The van der Waals surface area contributed by atoms with Crippen molar-refractivity contribution in [3.8, 4) is 11.5 Å². The van der Waals surface area contributed by atoms with Crippen molar-refractivity contribution in [2.45, 2.75) is 37.8 Å². The van der Waals surface area contributed by atoms with Crippen LogP contribution >= 0.6 is 0 Å². The Labute approximate surface area is 140 Å². The van der Waals surface area contributed by atoms with Gasteiger partial charge in [0.05, 0.1) is 0 Å². The summed E-state index contributed by atoms with van der Waals surface area (Å²) in [6.07, 6.45) is 2.70. The first-order valence-corrected chi connectivity index (χ1v) is 8.27. The topological polar surface area (TPSA) is 99.1 Å². The van der Waals surface area contributed by atoms with E-state index >= 15 is 0 Å². The number of carbonyl (C=O) groups excluding carboxylic acids is 2. The Morgan fingerprint density at radius 1 is 1.08 bits per heavy atom. The molecule has 2 heterocycles. The number of hydrogen-bond acceptors (Lipinski definition) is 5. The maximum Gasteiger partial charge on any atom is 0.254 e. The van der Waals surface area contributed by atoms with Gasteiger partial charge in [-0.15, -0.1) is 0 Å². The van der Waals surface area contributed by atoms with Gasteiger partial charge in [-0.2, -0.15) is 0 Å². The van der Waals surface area contributed by atoms with Gasteiger partial charge in [-0.05, 0) is 37.8 Å². The monoisotopic (exact) mass is 334 g/mol. The second kappa shape index (κ2) is 7.09. The molecule has 2 saturated heterocycles. The van der Waals surface area contributed by atoms with Crippen LogP contribution in [0.4, 0.5) is 0 Å². The lowest BCUT2D eigenvalue weighted by atomic mass is 10.0. The minimum absolute atomic E-state index is 0.0447. The largest absolute Gasteiger partial charge is 0.508 e. The molecule has 0 aromatic heterocycles. The standard InChI is InChI=1S/C17H22N2O5/c20-13-8-11(9-14(21)10-13)17(23)19-5-3-12(4-6-19)18-16(22)15-2-1-7-24-15/h8-10,12,15,20-21H,1-7H2,(H,18,22). The first-order chi connectivity index (χ1) is 11.5. The van der Waals surface area contributed by atoms with Crippen molar-refractivity contribution in [2.24, 2.45) is 0 Å². The molecule has 0 radical (unpaired) electrons. The number of piperidine rings is 1. The number of aromatic hydroxyl groups is 2.